The Labute approximate surface area is 382 Å². The van der Waals surface area contributed by atoms with Gasteiger partial charge in [-0.2, -0.15) is 0 Å². The van der Waals surface area contributed by atoms with E-state index in [0.29, 0.717) is 0 Å². The molecule has 0 bridgehead atoms. The maximum absolute atomic E-state index is 13.1. The predicted molar refractivity (Wildman–Crippen MR) is 214 cm³/mol. The van der Waals surface area contributed by atoms with Crippen LogP contribution in [0.5, 0.6) is 0 Å². The van der Waals surface area contributed by atoms with Crippen molar-refractivity contribution in [2.75, 3.05) is 33.0 Å². The number of ether oxygens (including phenoxy) is 8. The van der Waals surface area contributed by atoms with Crippen molar-refractivity contribution in [1.82, 2.24) is 21.3 Å². The molecule has 4 saturated heterocycles. The summed E-state index contributed by atoms with van der Waals surface area (Å²) in [7, 11) is 0. The van der Waals surface area contributed by atoms with Gasteiger partial charge in [0.2, 0.25) is 23.6 Å². The lowest BCUT2D eigenvalue weighted by Crippen LogP contribution is -2.72. The zero-order valence-corrected chi connectivity index (χ0v) is 37.1. The summed E-state index contributed by atoms with van der Waals surface area (Å²) in [6.07, 6.45) is -37.1. The third-order valence-electron chi connectivity index (χ3n) is 11.5. The van der Waals surface area contributed by atoms with Crippen LogP contribution in [0.3, 0.4) is 0 Å². The SMILES string of the molecule is CC(=O)N[C@H]1[C@H](O[C@H]2[C@H](O[C@@H]3O[C@@H](C)[C@@H](O)[C@@H](O)[C@@H]3O[C@H]3O[C@H](CO)[C@H](O)[C@H](O)[C@H]3NC(C)=O)[C@@H](NC(C)=O)[C@H](O[C@H]([C@@H](O)[C@@H](O)CO)[C@H](CO)NC(C)=O)O[C@@H]2CO)O[C@H](CO)[C@H](O)[C@@H]1O. The van der Waals surface area contributed by atoms with E-state index in [4.69, 9.17) is 37.9 Å². The molecule has 0 spiro atoms. The van der Waals surface area contributed by atoms with Crippen LogP contribution in [0.4, 0.5) is 0 Å². The third kappa shape index (κ3) is 13.7. The molecule has 388 valence electrons. The van der Waals surface area contributed by atoms with Crippen LogP contribution in [-0.4, -0.2) is 270 Å². The Hall–Kier alpha value is -2.96. The standard InChI is InChI=1S/C38H66N4O25/c1-11-24(53)30(59)34(67-36-22(41-14(4)50)29(58)27(56)19(9-46)62-36)38(60-11)66-33-23(42-15(5)51)37(64-31(25(54)17(52)7-44)16(6-43)39-12(2)48)63-20(10-47)32(33)65-35-21(40-13(3)49)28(57)26(55)18(8-45)61-35/h11,16-38,43-47,52-59H,6-10H2,1-5H3,(H,39,48)(H,40,49)(H,41,50)(H,42,51)/t11-,16-,17-,18+,19+,20+,21+,22+,23+,24+,25-,26-,27-,28+,29+,30+,31-,32+,33+,34-,35-,36+,37-,38-/m0/s1. The van der Waals surface area contributed by atoms with Crippen molar-refractivity contribution in [1.29, 1.82) is 0 Å². The van der Waals surface area contributed by atoms with Gasteiger partial charge in [-0.05, 0) is 6.92 Å². The maximum atomic E-state index is 13.1. The molecule has 4 amide bonds. The van der Waals surface area contributed by atoms with Crippen LogP contribution >= 0.6 is 0 Å². The molecule has 0 aromatic carbocycles. The van der Waals surface area contributed by atoms with Gasteiger partial charge in [-0.3, -0.25) is 19.2 Å². The molecule has 24 atom stereocenters. The summed E-state index contributed by atoms with van der Waals surface area (Å²) in [4.78, 5) is 49.9. The zero-order chi connectivity index (χ0) is 50.2. The monoisotopic (exact) mass is 978 g/mol. The highest BCUT2D eigenvalue weighted by atomic mass is 16.8. The predicted octanol–water partition coefficient (Wildman–Crippen LogP) is -10.7. The first-order valence-corrected chi connectivity index (χ1v) is 21.3. The average molecular weight is 979 g/mol. The summed E-state index contributed by atoms with van der Waals surface area (Å²) in [6.45, 7) is 0.481. The largest absolute Gasteiger partial charge is 0.394 e. The summed E-state index contributed by atoms with van der Waals surface area (Å²) in [5.74, 6) is -3.20. The molecule has 4 heterocycles. The van der Waals surface area contributed by atoms with Crippen molar-refractivity contribution >= 4 is 23.6 Å². The highest BCUT2D eigenvalue weighted by molar-refractivity contribution is 5.74. The average Bonchev–Trinajstić information content (AvgIpc) is 3.27. The minimum absolute atomic E-state index is 0.764. The van der Waals surface area contributed by atoms with E-state index in [1.807, 2.05) is 0 Å². The summed E-state index contributed by atoms with van der Waals surface area (Å²) >= 11 is 0. The van der Waals surface area contributed by atoms with Gasteiger partial charge in [0.1, 0.15) is 110 Å². The molecular weight excluding hydrogens is 912 g/mol. The molecule has 4 rings (SSSR count). The van der Waals surface area contributed by atoms with E-state index in [1.165, 1.54) is 6.92 Å². The lowest BCUT2D eigenvalue weighted by Gasteiger charge is -2.52. The fourth-order valence-electron chi connectivity index (χ4n) is 8.16. The Morgan fingerprint density at radius 1 is 0.507 bits per heavy atom. The Kier molecular flexibility index (Phi) is 21.3. The molecule has 17 N–H and O–H groups in total. The lowest BCUT2D eigenvalue weighted by molar-refractivity contribution is -0.385. The second kappa shape index (κ2) is 25.2. The van der Waals surface area contributed by atoms with Crippen LogP contribution in [0.25, 0.3) is 0 Å². The highest BCUT2D eigenvalue weighted by Gasteiger charge is 2.57. The van der Waals surface area contributed by atoms with E-state index in [0.717, 1.165) is 27.7 Å². The zero-order valence-electron chi connectivity index (χ0n) is 37.1. The number of aliphatic hydroxyl groups excluding tert-OH is 13. The third-order valence-corrected chi connectivity index (χ3v) is 11.5. The second-order valence-electron chi connectivity index (χ2n) is 16.6. The van der Waals surface area contributed by atoms with Crippen LogP contribution < -0.4 is 21.3 Å². The minimum atomic E-state index is -2.14. The van der Waals surface area contributed by atoms with Crippen molar-refractivity contribution in [3.05, 3.63) is 0 Å². The van der Waals surface area contributed by atoms with Crippen LogP contribution in [0.1, 0.15) is 34.6 Å². The van der Waals surface area contributed by atoms with Gasteiger partial charge < -0.3 is 126 Å². The Bertz CT molecular complexity index is 1610. The molecule has 67 heavy (non-hydrogen) atoms. The molecule has 0 aromatic rings. The van der Waals surface area contributed by atoms with E-state index in [1.54, 1.807) is 0 Å². The minimum Gasteiger partial charge on any atom is -0.394 e. The number of amides is 4. The first-order chi connectivity index (χ1) is 31.5. The van der Waals surface area contributed by atoms with E-state index >= 15 is 0 Å². The van der Waals surface area contributed by atoms with Crippen molar-refractivity contribution < 1.29 is 123 Å². The summed E-state index contributed by atoms with van der Waals surface area (Å²) in [5.41, 5.74) is 0. The molecule has 0 unspecified atom stereocenters. The van der Waals surface area contributed by atoms with Gasteiger partial charge in [-0.15, -0.1) is 0 Å². The van der Waals surface area contributed by atoms with Crippen LogP contribution in [-0.2, 0) is 57.1 Å². The van der Waals surface area contributed by atoms with E-state index in [9.17, 15) is 85.6 Å². The Balaban J connectivity index is 1.92. The number of nitrogens with one attached hydrogen (secondary N) is 4. The molecule has 0 aliphatic carbocycles. The van der Waals surface area contributed by atoms with Gasteiger partial charge >= 0.3 is 0 Å². The topological polar surface area (TPSA) is 453 Å². The van der Waals surface area contributed by atoms with Crippen molar-refractivity contribution in [3.8, 4) is 0 Å². The maximum Gasteiger partial charge on any atom is 0.217 e. The Morgan fingerprint density at radius 3 is 1.39 bits per heavy atom. The van der Waals surface area contributed by atoms with Crippen molar-refractivity contribution in [2.45, 2.75) is 182 Å². The molecule has 29 heteroatoms. The van der Waals surface area contributed by atoms with E-state index < -0.39 is 204 Å². The van der Waals surface area contributed by atoms with Crippen molar-refractivity contribution in [3.63, 3.8) is 0 Å². The fourth-order valence-corrected chi connectivity index (χ4v) is 8.16. The van der Waals surface area contributed by atoms with Crippen LogP contribution in [0.15, 0.2) is 0 Å². The smallest absolute Gasteiger partial charge is 0.217 e. The molecule has 0 radical (unpaired) electrons. The summed E-state index contributed by atoms with van der Waals surface area (Å²) in [5, 5.41) is 148. The fraction of sp³-hybridized carbons (Fsp3) is 0.895. The molecule has 0 saturated carbocycles. The number of carbonyl (C=O) groups excluding carboxylic acids is 4. The van der Waals surface area contributed by atoms with Gasteiger partial charge in [0.05, 0.1) is 45.2 Å². The summed E-state index contributed by atoms with van der Waals surface area (Å²) in [6, 6.07) is -6.71. The van der Waals surface area contributed by atoms with Gasteiger partial charge in [0.25, 0.3) is 0 Å². The molecule has 4 fully saturated rings. The first-order valence-electron chi connectivity index (χ1n) is 21.3. The second-order valence-corrected chi connectivity index (χ2v) is 16.6. The van der Waals surface area contributed by atoms with Crippen LogP contribution in [0.2, 0.25) is 0 Å². The highest BCUT2D eigenvalue weighted by Crippen LogP contribution is 2.36. The summed E-state index contributed by atoms with van der Waals surface area (Å²) < 4.78 is 48.5. The number of carbonyl (C=O) groups is 4. The number of hydrogen-bond donors (Lipinski definition) is 17. The molecule has 4 aliphatic rings. The number of aliphatic hydroxyl groups is 13. The molecule has 4 aliphatic heterocycles. The van der Waals surface area contributed by atoms with Gasteiger partial charge in [-0.1, -0.05) is 0 Å². The number of hydrogen-bond acceptors (Lipinski definition) is 25. The van der Waals surface area contributed by atoms with Gasteiger partial charge in [-0.25, -0.2) is 0 Å². The van der Waals surface area contributed by atoms with E-state index in [-0.39, 0.29) is 0 Å². The quantitative estimate of drug-likeness (QED) is 0.0538. The normalized spacial score (nSPS) is 41.0. The van der Waals surface area contributed by atoms with Crippen LogP contribution in [0, 0.1) is 0 Å². The molecule has 0 aromatic heterocycles. The van der Waals surface area contributed by atoms with Crippen molar-refractivity contribution in [2.24, 2.45) is 0 Å². The molecular formula is C38H66N4O25. The Morgan fingerprint density at radius 2 is 0.955 bits per heavy atom. The first kappa shape index (κ1) is 56.6. The van der Waals surface area contributed by atoms with E-state index in [2.05, 4.69) is 21.3 Å². The number of rotatable bonds is 20. The molecule has 29 nitrogen and oxygen atoms in total. The van der Waals surface area contributed by atoms with Gasteiger partial charge in [0.15, 0.2) is 25.2 Å². The van der Waals surface area contributed by atoms with Gasteiger partial charge in [0, 0.05) is 27.7 Å². The lowest BCUT2D eigenvalue weighted by atomic mass is 9.93.